The highest BCUT2D eigenvalue weighted by Gasteiger charge is 2.11. The number of amides is 1. The standard InChI is InChI=1S/C15H15N3O2S/c1-20-11-6-4-5-10(9-11)17-14(19)12-7-2-3-8-13(12)18-15(16)21/h2-9H,1H3,(H,17,19)(H3,16,18,21). The summed E-state index contributed by atoms with van der Waals surface area (Å²) in [6, 6.07) is 14.1. The Kier molecular flexibility index (Phi) is 4.73. The summed E-state index contributed by atoms with van der Waals surface area (Å²) in [7, 11) is 1.57. The summed E-state index contributed by atoms with van der Waals surface area (Å²) in [6.07, 6.45) is 0. The third-order valence-corrected chi connectivity index (χ3v) is 2.86. The van der Waals surface area contributed by atoms with Gasteiger partial charge < -0.3 is 21.1 Å². The first-order chi connectivity index (χ1) is 10.1. The summed E-state index contributed by atoms with van der Waals surface area (Å²) in [5.41, 5.74) is 7.11. The van der Waals surface area contributed by atoms with E-state index in [-0.39, 0.29) is 11.0 Å². The Bertz CT molecular complexity index is 673. The highest BCUT2D eigenvalue weighted by atomic mass is 32.1. The number of methoxy groups -OCH3 is 1. The maximum atomic E-state index is 12.3. The SMILES string of the molecule is COc1cccc(NC(=O)c2ccccc2NC(N)=S)c1. The van der Waals surface area contributed by atoms with Crippen molar-refractivity contribution in [2.45, 2.75) is 0 Å². The van der Waals surface area contributed by atoms with Crippen molar-refractivity contribution in [2.24, 2.45) is 5.73 Å². The van der Waals surface area contributed by atoms with Gasteiger partial charge in [0.25, 0.3) is 5.91 Å². The summed E-state index contributed by atoms with van der Waals surface area (Å²) in [6.45, 7) is 0. The van der Waals surface area contributed by atoms with Crippen molar-refractivity contribution in [1.29, 1.82) is 0 Å². The summed E-state index contributed by atoms with van der Waals surface area (Å²) >= 11 is 4.80. The van der Waals surface area contributed by atoms with Gasteiger partial charge in [0.15, 0.2) is 5.11 Å². The molecule has 2 aromatic rings. The largest absolute Gasteiger partial charge is 0.497 e. The summed E-state index contributed by atoms with van der Waals surface area (Å²) < 4.78 is 5.12. The Balaban J connectivity index is 2.22. The Morgan fingerprint density at radius 2 is 1.90 bits per heavy atom. The van der Waals surface area contributed by atoms with Gasteiger partial charge in [-0.3, -0.25) is 4.79 Å². The lowest BCUT2D eigenvalue weighted by Crippen LogP contribution is -2.22. The summed E-state index contributed by atoms with van der Waals surface area (Å²) in [4.78, 5) is 12.3. The summed E-state index contributed by atoms with van der Waals surface area (Å²) in [5, 5.41) is 5.70. The van der Waals surface area contributed by atoms with E-state index in [1.807, 2.05) is 0 Å². The topological polar surface area (TPSA) is 76.4 Å². The van der Waals surface area contributed by atoms with Gasteiger partial charge in [-0.1, -0.05) is 18.2 Å². The molecule has 0 bridgehead atoms. The molecule has 21 heavy (non-hydrogen) atoms. The van der Waals surface area contributed by atoms with Crippen molar-refractivity contribution in [2.75, 3.05) is 17.7 Å². The molecule has 0 spiro atoms. The molecular weight excluding hydrogens is 286 g/mol. The average Bonchev–Trinajstić information content (AvgIpc) is 2.47. The smallest absolute Gasteiger partial charge is 0.257 e. The molecule has 0 aliphatic heterocycles. The molecule has 1 amide bonds. The van der Waals surface area contributed by atoms with E-state index >= 15 is 0 Å². The van der Waals surface area contributed by atoms with E-state index in [0.29, 0.717) is 22.7 Å². The number of nitrogens with one attached hydrogen (secondary N) is 2. The van der Waals surface area contributed by atoms with Crippen molar-refractivity contribution < 1.29 is 9.53 Å². The maximum Gasteiger partial charge on any atom is 0.257 e. The van der Waals surface area contributed by atoms with E-state index in [0.717, 1.165) is 0 Å². The minimum Gasteiger partial charge on any atom is -0.497 e. The second-order valence-corrected chi connectivity index (χ2v) is 4.66. The van der Waals surface area contributed by atoms with Gasteiger partial charge in [0.05, 0.1) is 18.4 Å². The van der Waals surface area contributed by atoms with Crippen LogP contribution in [0.3, 0.4) is 0 Å². The van der Waals surface area contributed by atoms with Crippen LogP contribution in [0.25, 0.3) is 0 Å². The second-order valence-electron chi connectivity index (χ2n) is 4.22. The molecule has 0 aliphatic rings. The van der Waals surface area contributed by atoms with E-state index in [2.05, 4.69) is 10.6 Å². The number of carbonyl (C=O) groups is 1. The van der Waals surface area contributed by atoms with Crippen LogP contribution < -0.4 is 21.1 Å². The Morgan fingerprint density at radius 3 is 2.62 bits per heavy atom. The lowest BCUT2D eigenvalue weighted by Gasteiger charge is -2.11. The van der Waals surface area contributed by atoms with E-state index in [1.165, 1.54) is 0 Å². The fourth-order valence-electron chi connectivity index (χ4n) is 1.82. The molecule has 0 radical (unpaired) electrons. The molecule has 5 nitrogen and oxygen atoms in total. The normalized spacial score (nSPS) is 9.76. The average molecular weight is 301 g/mol. The van der Waals surface area contributed by atoms with Crippen LogP contribution in [-0.2, 0) is 0 Å². The minimum absolute atomic E-state index is 0.108. The number of thiocarbonyl (C=S) groups is 1. The third-order valence-electron chi connectivity index (χ3n) is 2.76. The zero-order chi connectivity index (χ0) is 15.2. The first-order valence-electron chi connectivity index (χ1n) is 6.21. The van der Waals surface area contributed by atoms with Crippen molar-refractivity contribution in [3.05, 3.63) is 54.1 Å². The Hall–Kier alpha value is -2.60. The number of hydrogen-bond acceptors (Lipinski definition) is 3. The molecule has 0 atom stereocenters. The highest BCUT2D eigenvalue weighted by Crippen LogP contribution is 2.20. The number of rotatable bonds is 4. The zero-order valence-corrected chi connectivity index (χ0v) is 12.2. The van der Waals surface area contributed by atoms with Crippen LogP contribution in [0, 0.1) is 0 Å². The van der Waals surface area contributed by atoms with Crippen LogP contribution in [0.1, 0.15) is 10.4 Å². The van der Waals surface area contributed by atoms with E-state index in [4.69, 9.17) is 22.7 Å². The molecule has 0 fully saturated rings. The molecule has 0 heterocycles. The number of carbonyl (C=O) groups excluding carboxylic acids is 1. The number of ether oxygens (including phenoxy) is 1. The predicted molar refractivity (Wildman–Crippen MR) is 87.8 cm³/mol. The van der Waals surface area contributed by atoms with Gasteiger partial charge in [-0.2, -0.15) is 0 Å². The number of anilines is 2. The van der Waals surface area contributed by atoms with Crippen molar-refractivity contribution >= 4 is 34.6 Å². The van der Waals surface area contributed by atoms with Crippen LogP contribution in [0.4, 0.5) is 11.4 Å². The fraction of sp³-hybridized carbons (Fsp3) is 0.0667. The first kappa shape index (κ1) is 14.8. The van der Waals surface area contributed by atoms with Crippen LogP contribution in [-0.4, -0.2) is 18.1 Å². The predicted octanol–water partition coefficient (Wildman–Crippen LogP) is 2.60. The van der Waals surface area contributed by atoms with Crippen molar-refractivity contribution in [3.8, 4) is 5.75 Å². The lowest BCUT2D eigenvalue weighted by molar-refractivity contribution is 0.102. The van der Waals surface area contributed by atoms with Crippen LogP contribution >= 0.6 is 12.2 Å². The van der Waals surface area contributed by atoms with Crippen LogP contribution in [0.15, 0.2) is 48.5 Å². The van der Waals surface area contributed by atoms with Crippen molar-refractivity contribution in [3.63, 3.8) is 0 Å². The first-order valence-corrected chi connectivity index (χ1v) is 6.62. The Morgan fingerprint density at radius 1 is 1.14 bits per heavy atom. The van der Waals surface area contributed by atoms with Gasteiger partial charge >= 0.3 is 0 Å². The molecule has 0 aliphatic carbocycles. The van der Waals surface area contributed by atoms with Gasteiger partial charge in [0.1, 0.15) is 5.75 Å². The Labute approximate surface area is 128 Å². The van der Waals surface area contributed by atoms with Crippen LogP contribution in [0.5, 0.6) is 5.75 Å². The molecule has 108 valence electrons. The molecule has 0 unspecified atom stereocenters. The van der Waals surface area contributed by atoms with Crippen molar-refractivity contribution in [1.82, 2.24) is 0 Å². The zero-order valence-electron chi connectivity index (χ0n) is 11.4. The number of nitrogens with two attached hydrogens (primary N) is 1. The molecule has 0 saturated heterocycles. The maximum absolute atomic E-state index is 12.3. The molecule has 2 aromatic carbocycles. The fourth-order valence-corrected chi connectivity index (χ4v) is 1.93. The quantitative estimate of drug-likeness (QED) is 0.757. The highest BCUT2D eigenvalue weighted by molar-refractivity contribution is 7.80. The minimum atomic E-state index is -0.261. The van der Waals surface area contributed by atoms with Crippen LogP contribution in [0.2, 0.25) is 0 Å². The lowest BCUT2D eigenvalue weighted by atomic mass is 10.1. The molecule has 6 heteroatoms. The van der Waals surface area contributed by atoms with E-state index < -0.39 is 0 Å². The van der Waals surface area contributed by atoms with Gasteiger partial charge in [0, 0.05) is 11.8 Å². The third kappa shape index (κ3) is 3.93. The molecule has 4 N–H and O–H groups in total. The number of para-hydroxylation sites is 1. The molecule has 0 aromatic heterocycles. The number of benzene rings is 2. The van der Waals surface area contributed by atoms with Gasteiger partial charge in [-0.25, -0.2) is 0 Å². The molecular formula is C15H15N3O2S. The van der Waals surface area contributed by atoms with Gasteiger partial charge in [-0.15, -0.1) is 0 Å². The monoisotopic (exact) mass is 301 g/mol. The van der Waals surface area contributed by atoms with Gasteiger partial charge in [-0.05, 0) is 36.5 Å². The second kappa shape index (κ2) is 6.71. The van der Waals surface area contributed by atoms with E-state index in [1.54, 1.807) is 55.6 Å². The summed E-state index contributed by atoms with van der Waals surface area (Å²) in [5.74, 6) is 0.407. The van der Waals surface area contributed by atoms with E-state index in [9.17, 15) is 4.79 Å². The number of hydrogen-bond donors (Lipinski definition) is 3. The molecule has 0 saturated carbocycles. The molecule has 2 rings (SSSR count). The van der Waals surface area contributed by atoms with Gasteiger partial charge in [0.2, 0.25) is 0 Å².